The first-order valence-electron chi connectivity index (χ1n) is 1.76. The molecule has 0 aromatic carbocycles. The van der Waals surface area contributed by atoms with Crippen molar-refractivity contribution in [1.82, 2.24) is 0 Å². The first-order chi connectivity index (χ1) is 4.37. The number of hydrogen-bond acceptors (Lipinski definition) is 3. The third kappa shape index (κ3) is 50.8. The number of rotatable bonds is 0. The van der Waals surface area contributed by atoms with Gasteiger partial charge in [-0.1, -0.05) is 0 Å². The molecular weight excluding hydrogens is 254 g/mol. The molecule has 0 bridgehead atoms. The van der Waals surface area contributed by atoms with Crippen LogP contribution >= 0.6 is 0 Å². The fourth-order valence-corrected chi connectivity index (χ4v) is 0. The van der Waals surface area contributed by atoms with E-state index in [1.54, 1.807) is 0 Å². The normalized spacial score (nSPS) is 6.18. The molecule has 8 heteroatoms. The van der Waals surface area contributed by atoms with E-state index in [0.29, 0.717) is 0 Å². The van der Waals surface area contributed by atoms with Crippen LogP contribution in [-0.2, 0) is 30.0 Å². The van der Waals surface area contributed by atoms with Crippen molar-refractivity contribution in [3.63, 3.8) is 0 Å². The van der Waals surface area contributed by atoms with Gasteiger partial charge in [0.05, 0.1) is 0 Å². The zero-order valence-electron chi connectivity index (χ0n) is 4.83. The Labute approximate surface area is 73.9 Å². The van der Waals surface area contributed by atoms with E-state index in [0.717, 1.165) is 0 Å². The monoisotopic (exact) mass is 258 g/mol. The Hall–Kier alpha value is -1.13. The van der Waals surface area contributed by atoms with Crippen LogP contribution < -0.4 is 0 Å². The number of carboxylic acid groups (broad SMARTS) is 4. The van der Waals surface area contributed by atoms with Crippen molar-refractivity contribution in [2.24, 2.45) is 0 Å². The smallest absolute Gasteiger partial charge is 0.473 e. The summed E-state index contributed by atoms with van der Waals surface area (Å²) in [6.45, 7) is 0. The van der Waals surface area contributed by atoms with Gasteiger partial charge in [0.1, 0.15) is 0 Å². The molecule has 4 N–H and O–H groups in total. The molecule has 0 spiro atoms. The molecule has 0 aromatic heterocycles. The van der Waals surface area contributed by atoms with E-state index in [-0.39, 0.29) is 20.4 Å². The van der Waals surface area contributed by atoms with Gasteiger partial charge in [0.25, 0.3) is 0 Å². The Morgan fingerprint density at radius 1 is 0.727 bits per heavy atom. The maximum Gasteiger partial charge on any atom is 0.503 e. The van der Waals surface area contributed by atoms with Gasteiger partial charge in [-0.05, 0) is 0 Å². The van der Waals surface area contributed by atoms with Crippen LogP contribution in [0.4, 0.5) is 4.79 Å². The summed E-state index contributed by atoms with van der Waals surface area (Å²) < 4.78 is 0. The SMILES string of the molecule is O=C(O)C(=O)O.O=C(O)O.[Pd]. The Kier molecular flexibility index (Phi) is 13.3. The molecule has 0 aromatic rings. The number of aliphatic carboxylic acids is 2. The van der Waals surface area contributed by atoms with Crippen LogP contribution in [0.15, 0.2) is 0 Å². The molecule has 11 heavy (non-hydrogen) atoms. The van der Waals surface area contributed by atoms with Gasteiger partial charge in [-0.25, -0.2) is 14.4 Å². The second kappa shape index (κ2) is 8.87. The predicted octanol–water partition coefficient (Wildman–Crippen LogP) is -0.624. The van der Waals surface area contributed by atoms with Crippen molar-refractivity contribution in [2.75, 3.05) is 0 Å². The van der Waals surface area contributed by atoms with Gasteiger partial charge in [-0.15, -0.1) is 0 Å². The van der Waals surface area contributed by atoms with Crippen molar-refractivity contribution in [3.8, 4) is 0 Å². The van der Waals surface area contributed by atoms with Gasteiger partial charge in [0, 0.05) is 20.4 Å². The van der Waals surface area contributed by atoms with E-state index in [9.17, 15) is 0 Å². The molecular formula is C3H4O7Pd. The van der Waals surface area contributed by atoms with E-state index in [4.69, 9.17) is 34.8 Å². The summed E-state index contributed by atoms with van der Waals surface area (Å²) in [6, 6.07) is 0. The summed E-state index contributed by atoms with van der Waals surface area (Å²) in [5.41, 5.74) is 0. The summed E-state index contributed by atoms with van der Waals surface area (Å²) >= 11 is 0. The maximum absolute atomic E-state index is 9.10. The van der Waals surface area contributed by atoms with E-state index in [1.807, 2.05) is 0 Å². The van der Waals surface area contributed by atoms with Crippen LogP contribution in [0.2, 0.25) is 0 Å². The van der Waals surface area contributed by atoms with Gasteiger partial charge in [-0.3, -0.25) is 0 Å². The second-order valence-electron chi connectivity index (χ2n) is 0.893. The minimum atomic E-state index is -1.83. The largest absolute Gasteiger partial charge is 0.503 e. The van der Waals surface area contributed by atoms with Crippen molar-refractivity contribution in [2.45, 2.75) is 0 Å². The molecule has 0 aliphatic carbocycles. The van der Waals surface area contributed by atoms with Gasteiger partial charge < -0.3 is 20.4 Å². The standard InChI is InChI=1S/C2H2O4.CH2O3.Pd/c3-1(4)2(5)6;2-1(3)4;/h(H,3,4)(H,5,6);(H2,2,3,4);. The van der Waals surface area contributed by atoms with Crippen LogP contribution in [-0.4, -0.2) is 38.5 Å². The number of carbonyl (C=O) groups is 3. The molecule has 0 fully saturated rings. The molecule has 0 rings (SSSR count). The van der Waals surface area contributed by atoms with Gasteiger partial charge in [-0.2, -0.15) is 0 Å². The Bertz CT molecular complexity index is 136. The molecule has 0 saturated heterocycles. The number of carboxylic acids is 2. The fraction of sp³-hybridized carbons (Fsp3) is 0. The number of hydrogen-bond donors (Lipinski definition) is 4. The molecule has 0 radical (unpaired) electrons. The van der Waals surface area contributed by atoms with Crippen LogP contribution in [0, 0.1) is 0 Å². The molecule has 7 nitrogen and oxygen atoms in total. The van der Waals surface area contributed by atoms with Crippen LogP contribution in [0.5, 0.6) is 0 Å². The fourth-order valence-electron chi connectivity index (χ4n) is 0. The summed E-state index contributed by atoms with van der Waals surface area (Å²) in [7, 11) is 0. The van der Waals surface area contributed by atoms with Gasteiger partial charge in [0.2, 0.25) is 0 Å². The molecule has 0 saturated carbocycles. The van der Waals surface area contributed by atoms with Gasteiger partial charge >= 0.3 is 18.1 Å². The molecule has 0 unspecified atom stereocenters. The zero-order valence-corrected chi connectivity index (χ0v) is 6.38. The van der Waals surface area contributed by atoms with Crippen LogP contribution in [0.1, 0.15) is 0 Å². The minimum absolute atomic E-state index is 0. The van der Waals surface area contributed by atoms with Crippen molar-refractivity contribution in [3.05, 3.63) is 0 Å². The Morgan fingerprint density at radius 3 is 0.818 bits per heavy atom. The van der Waals surface area contributed by atoms with Crippen LogP contribution in [0.25, 0.3) is 0 Å². The quantitative estimate of drug-likeness (QED) is 0.336. The summed E-state index contributed by atoms with van der Waals surface area (Å²) in [5.74, 6) is -3.65. The Morgan fingerprint density at radius 2 is 0.818 bits per heavy atom. The minimum Gasteiger partial charge on any atom is -0.473 e. The average molecular weight is 258 g/mol. The molecule has 0 amide bonds. The van der Waals surface area contributed by atoms with E-state index >= 15 is 0 Å². The summed E-state index contributed by atoms with van der Waals surface area (Å²) in [5, 5.41) is 28.7. The predicted molar refractivity (Wildman–Crippen MR) is 25.9 cm³/mol. The maximum atomic E-state index is 9.10. The second-order valence-corrected chi connectivity index (χ2v) is 0.893. The average Bonchev–Trinajstić information content (AvgIpc) is 1.63. The summed E-state index contributed by atoms with van der Waals surface area (Å²) in [6.07, 6.45) is -1.83. The summed E-state index contributed by atoms with van der Waals surface area (Å²) in [4.78, 5) is 26.8. The molecule has 0 heterocycles. The third-order valence-electron chi connectivity index (χ3n) is 0.183. The first kappa shape index (κ1) is 16.5. The van der Waals surface area contributed by atoms with Crippen molar-refractivity contribution >= 4 is 18.1 Å². The zero-order chi connectivity index (χ0) is 8.73. The third-order valence-corrected chi connectivity index (χ3v) is 0.183. The Balaban J connectivity index is -0.000000114. The molecule has 0 aliphatic heterocycles. The van der Waals surface area contributed by atoms with Crippen LogP contribution in [0.3, 0.4) is 0 Å². The topological polar surface area (TPSA) is 132 Å². The van der Waals surface area contributed by atoms with E-state index in [2.05, 4.69) is 0 Å². The van der Waals surface area contributed by atoms with Crippen molar-refractivity contribution in [1.29, 1.82) is 0 Å². The van der Waals surface area contributed by atoms with E-state index < -0.39 is 18.1 Å². The van der Waals surface area contributed by atoms with Gasteiger partial charge in [0.15, 0.2) is 0 Å². The molecule has 0 atom stereocenters. The first-order valence-corrected chi connectivity index (χ1v) is 1.76. The van der Waals surface area contributed by atoms with E-state index in [1.165, 1.54) is 0 Å². The molecule has 0 aliphatic rings. The van der Waals surface area contributed by atoms with Crippen molar-refractivity contribution < 1.29 is 55.2 Å². The molecule has 68 valence electrons.